The summed E-state index contributed by atoms with van der Waals surface area (Å²) >= 11 is 0. The van der Waals surface area contributed by atoms with Gasteiger partial charge in [0.2, 0.25) is 0 Å². The van der Waals surface area contributed by atoms with Crippen LogP contribution in [0.5, 0.6) is 0 Å². The SMILES string of the molecule is COCCNc1cnc(C(=O)N(Cc2ccccc2)C(C)C)cn1. The minimum absolute atomic E-state index is 0.0685. The highest BCUT2D eigenvalue weighted by Crippen LogP contribution is 2.12. The average Bonchev–Trinajstić information content (AvgIpc) is 2.60. The second-order valence-electron chi connectivity index (χ2n) is 5.72. The van der Waals surface area contributed by atoms with Crippen LogP contribution in [0.15, 0.2) is 42.7 Å². The van der Waals surface area contributed by atoms with Crippen LogP contribution in [0.25, 0.3) is 0 Å². The van der Waals surface area contributed by atoms with E-state index in [2.05, 4.69) is 15.3 Å². The molecule has 0 saturated carbocycles. The molecule has 128 valence electrons. The fourth-order valence-corrected chi connectivity index (χ4v) is 2.23. The minimum atomic E-state index is -0.121. The maximum Gasteiger partial charge on any atom is 0.274 e. The molecule has 0 unspecified atom stereocenters. The number of rotatable bonds is 8. The van der Waals surface area contributed by atoms with Gasteiger partial charge in [-0.2, -0.15) is 0 Å². The maximum atomic E-state index is 12.7. The number of methoxy groups -OCH3 is 1. The predicted molar refractivity (Wildman–Crippen MR) is 93.8 cm³/mol. The molecule has 6 nitrogen and oxygen atoms in total. The van der Waals surface area contributed by atoms with Crippen LogP contribution in [-0.4, -0.2) is 47.1 Å². The highest BCUT2D eigenvalue weighted by molar-refractivity contribution is 5.92. The Labute approximate surface area is 142 Å². The molecule has 0 atom stereocenters. The van der Waals surface area contributed by atoms with Crippen molar-refractivity contribution >= 4 is 11.7 Å². The van der Waals surface area contributed by atoms with E-state index in [1.165, 1.54) is 6.20 Å². The number of hydrogen-bond acceptors (Lipinski definition) is 5. The van der Waals surface area contributed by atoms with Gasteiger partial charge in [-0.05, 0) is 19.4 Å². The lowest BCUT2D eigenvalue weighted by atomic mass is 10.2. The molecule has 1 heterocycles. The van der Waals surface area contributed by atoms with E-state index < -0.39 is 0 Å². The quantitative estimate of drug-likeness (QED) is 0.755. The summed E-state index contributed by atoms with van der Waals surface area (Å²) in [5, 5.41) is 3.08. The van der Waals surface area contributed by atoms with Crippen molar-refractivity contribution in [1.82, 2.24) is 14.9 Å². The largest absolute Gasteiger partial charge is 0.383 e. The van der Waals surface area contributed by atoms with Crippen LogP contribution in [0.4, 0.5) is 5.82 Å². The molecular formula is C18H24N4O2. The fraction of sp³-hybridized carbons (Fsp3) is 0.389. The van der Waals surface area contributed by atoms with Gasteiger partial charge in [-0.1, -0.05) is 30.3 Å². The van der Waals surface area contributed by atoms with E-state index in [4.69, 9.17) is 4.74 Å². The number of nitrogens with one attached hydrogen (secondary N) is 1. The van der Waals surface area contributed by atoms with Gasteiger partial charge in [-0.15, -0.1) is 0 Å². The van der Waals surface area contributed by atoms with Crippen LogP contribution < -0.4 is 5.32 Å². The molecule has 1 N–H and O–H groups in total. The Bertz CT molecular complexity index is 629. The molecule has 24 heavy (non-hydrogen) atoms. The van der Waals surface area contributed by atoms with Gasteiger partial charge >= 0.3 is 0 Å². The van der Waals surface area contributed by atoms with Crippen LogP contribution in [-0.2, 0) is 11.3 Å². The van der Waals surface area contributed by atoms with Crippen molar-refractivity contribution in [2.45, 2.75) is 26.4 Å². The van der Waals surface area contributed by atoms with Crippen molar-refractivity contribution in [2.75, 3.05) is 25.6 Å². The van der Waals surface area contributed by atoms with E-state index in [9.17, 15) is 4.79 Å². The molecule has 6 heteroatoms. The normalized spacial score (nSPS) is 10.7. The van der Waals surface area contributed by atoms with Gasteiger partial charge in [0.25, 0.3) is 5.91 Å². The predicted octanol–water partition coefficient (Wildman–Crippen LogP) is 2.59. The summed E-state index contributed by atoms with van der Waals surface area (Å²) in [4.78, 5) is 23.0. The van der Waals surface area contributed by atoms with E-state index >= 15 is 0 Å². The number of amides is 1. The zero-order chi connectivity index (χ0) is 17.4. The Kier molecular flexibility index (Phi) is 6.69. The van der Waals surface area contributed by atoms with Gasteiger partial charge in [0.05, 0.1) is 19.0 Å². The summed E-state index contributed by atoms with van der Waals surface area (Å²) in [6, 6.07) is 10.00. The molecule has 2 aromatic rings. The molecule has 1 aromatic carbocycles. The van der Waals surface area contributed by atoms with E-state index in [0.29, 0.717) is 31.2 Å². The smallest absolute Gasteiger partial charge is 0.274 e. The molecule has 0 aliphatic carbocycles. The third kappa shape index (κ3) is 5.03. The molecule has 0 radical (unpaired) electrons. The van der Waals surface area contributed by atoms with Gasteiger partial charge in [0.15, 0.2) is 0 Å². The van der Waals surface area contributed by atoms with E-state index in [1.54, 1.807) is 18.2 Å². The summed E-state index contributed by atoms with van der Waals surface area (Å²) < 4.78 is 4.97. The van der Waals surface area contributed by atoms with Gasteiger partial charge in [-0.3, -0.25) is 4.79 Å². The first-order valence-corrected chi connectivity index (χ1v) is 8.01. The molecule has 2 rings (SSSR count). The summed E-state index contributed by atoms with van der Waals surface area (Å²) in [6.07, 6.45) is 3.09. The van der Waals surface area contributed by atoms with Crippen molar-refractivity contribution < 1.29 is 9.53 Å². The average molecular weight is 328 g/mol. The number of carbonyl (C=O) groups is 1. The number of benzene rings is 1. The molecule has 0 saturated heterocycles. The van der Waals surface area contributed by atoms with E-state index in [-0.39, 0.29) is 11.9 Å². The lowest BCUT2D eigenvalue weighted by Crippen LogP contribution is -2.37. The highest BCUT2D eigenvalue weighted by atomic mass is 16.5. The molecule has 0 fully saturated rings. The van der Waals surface area contributed by atoms with Gasteiger partial charge in [-0.25, -0.2) is 9.97 Å². The first kappa shape index (κ1) is 17.9. The molecule has 0 aliphatic rings. The number of ether oxygens (including phenoxy) is 1. The van der Waals surface area contributed by atoms with Crippen LogP contribution in [0.2, 0.25) is 0 Å². The second-order valence-corrected chi connectivity index (χ2v) is 5.72. The molecule has 1 aromatic heterocycles. The van der Waals surface area contributed by atoms with Crippen molar-refractivity contribution in [3.05, 3.63) is 54.0 Å². The Morgan fingerprint density at radius 1 is 1.21 bits per heavy atom. The lowest BCUT2D eigenvalue weighted by molar-refractivity contribution is 0.0684. The summed E-state index contributed by atoms with van der Waals surface area (Å²) in [7, 11) is 1.64. The van der Waals surface area contributed by atoms with Crippen molar-refractivity contribution in [3.63, 3.8) is 0 Å². The lowest BCUT2D eigenvalue weighted by Gasteiger charge is -2.26. The van der Waals surface area contributed by atoms with Crippen LogP contribution >= 0.6 is 0 Å². The topological polar surface area (TPSA) is 67.3 Å². The van der Waals surface area contributed by atoms with Crippen molar-refractivity contribution in [1.29, 1.82) is 0 Å². The fourth-order valence-electron chi connectivity index (χ4n) is 2.23. The first-order chi connectivity index (χ1) is 11.6. The molecule has 0 spiro atoms. The number of aromatic nitrogens is 2. The Hall–Kier alpha value is -2.47. The van der Waals surface area contributed by atoms with Crippen molar-refractivity contribution in [3.8, 4) is 0 Å². The summed E-state index contributed by atoms with van der Waals surface area (Å²) in [5.41, 5.74) is 1.43. The van der Waals surface area contributed by atoms with Crippen molar-refractivity contribution in [2.24, 2.45) is 0 Å². The number of hydrogen-bond donors (Lipinski definition) is 1. The number of nitrogens with zero attached hydrogens (tertiary/aromatic N) is 3. The first-order valence-electron chi connectivity index (χ1n) is 8.01. The van der Waals surface area contributed by atoms with Gasteiger partial charge in [0.1, 0.15) is 11.5 Å². The van der Waals surface area contributed by atoms with Gasteiger partial charge in [0, 0.05) is 26.2 Å². The molecule has 0 bridgehead atoms. The third-order valence-corrected chi connectivity index (χ3v) is 3.56. The highest BCUT2D eigenvalue weighted by Gasteiger charge is 2.20. The van der Waals surface area contributed by atoms with Crippen LogP contribution in [0.1, 0.15) is 29.9 Å². The monoisotopic (exact) mass is 328 g/mol. The van der Waals surface area contributed by atoms with Crippen LogP contribution in [0.3, 0.4) is 0 Å². The Morgan fingerprint density at radius 2 is 1.96 bits per heavy atom. The summed E-state index contributed by atoms with van der Waals surface area (Å²) in [5.74, 6) is 0.507. The van der Waals surface area contributed by atoms with Crippen LogP contribution in [0, 0.1) is 0 Å². The molecular weight excluding hydrogens is 304 g/mol. The van der Waals surface area contributed by atoms with E-state index in [0.717, 1.165) is 5.56 Å². The summed E-state index contributed by atoms with van der Waals surface area (Å²) in [6.45, 7) is 5.77. The van der Waals surface area contributed by atoms with E-state index in [1.807, 2.05) is 44.2 Å². The number of anilines is 1. The Morgan fingerprint density at radius 3 is 2.54 bits per heavy atom. The second kappa shape index (κ2) is 8.98. The zero-order valence-corrected chi connectivity index (χ0v) is 14.4. The maximum absolute atomic E-state index is 12.7. The molecule has 0 aliphatic heterocycles. The van der Waals surface area contributed by atoms with Gasteiger partial charge < -0.3 is 15.0 Å². The zero-order valence-electron chi connectivity index (χ0n) is 14.4. The Balaban J connectivity index is 2.06. The standard InChI is InChI=1S/C18H24N4O2/c1-14(2)22(13-15-7-5-4-6-8-15)18(23)16-11-21-17(12-20-16)19-9-10-24-3/h4-8,11-12,14H,9-10,13H2,1-3H3,(H,19,21). The minimum Gasteiger partial charge on any atom is -0.383 e. The third-order valence-electron chi connectivity index (χ3n) is 3.56. The number of carbonyl (C=O) groups excluding carboxylic acids is 1. The molecule has 1 amide bonds.